The Morgan fingerprint density at radius 1 is 1.25 bits per heavy atom. The van der Waals surface area contributed by atoms with Crippen molar-refractivity contribution in [2.24, 2.45) is 10.4 Å². The SMILES string of the molecule is CCNC(=NCC1(C)COC1)NC1CCN(c2ccccc2)CC1. The molecule has 0 radical (unpaired) electrons. The fourth-order valence-electron chi connectivity index (χ4n) is 3.25. The maximum absolute atomic E-state index is 5.32. The molecule has 132 valence electrons. The van der Waals surface area contributed by atoms with Gasteiger partial charge in [-0.25, -0.2) is 0 Å². The first-order valence-corrected chi connectivity index (χ1v) is 9.11. The molecule has 2 aliphatic heterocycles. The quantitative estimate of drug-likeness (QED) is 0.642. The minimum atomic E-state index is 0.221. The summed E-state index contributed by atoms with van der Waals surface area (Å²) >= 11 is 0. The van der Waals surface area contributed by atoms with E-state index in [0.717, 1.165) is 58.2 Å². The summed E-state index contributed by atoms with van der Waals surface area (Å²) in [7, 11) is 0. The number of anilines is 1. The predicted molar refractivity (Wildman–Crippen MR) is 99.7 cm³/mol. The van der Waals surface area contributed by atoms with E-state index in [1.165, 1.54) is 5.69 Å². The van der Waals surface area contributed by atoms with Gasteiger partial charge in [-0.3, -0.25) is 4.99 Å². The highest BCUT2D eigenvalue weighted by molar-refractivity contribution is 5.80. The van der Waals surface area contributed by atoms with Crippen molar-refractivity contribution < 1.29 is 4.74 Å². The van der Waals surface area contributed by atoms with Crippen molar-refractivity contribution in [3.63, 3.8) is 0 Å². The van der Waals surface area contributed by atoms with Crippen molar-refractivity contribution in [3.05, 3.63) is 30.3 Å². The van der Waals surface area contributed by atoms with E-state index in [4.69, 9.17) is 9.73 Å². The number of ether oxygens (including phenoxy) is 1. The number of benzene rings is 1. The van der Waals surface area contributed by atoms with Gasteiger partial charge in [0.2, 0.25) is 0 Å². The first-order chi connectivity index (χ1) is 11.7. The largest absolute Gasteiger partial charge is 0.380 e. The Morgan fingerprint density at radius 2 is 1.96 bits per heavy atom. The number of nitrogens with zero attached hydrogens (tertiary/aromatic N) is 2. The maximum Gasteiger partial charge on any atom is 0.191 e. The van der Waals surface area contributed by atoms with Crippen molar-refractivity contribution in [2.45, 2.75) is 32.7 Å². The second-order valence-corrected chi connectivity index (χ2v) is 7.24. The third kappa shape index (κ3) is 4.41. The number of aliphatic imine (C=N–C) groups is 1. The number of hydrogen-bond acceptors (Lipinski definition) is 3. The Balaban J connectivity index is 1.50. The fraction of sp³-hybridized carbons (Fsp3) is 0.632. The average Bonchev–Trinajstić information content (AvgIpc) is 2.60. The van der Waals surface area contributed by atoms with Crippen molar-refractivity contribution in [3.8, 4) is 0 Å². The molecular formula is C19H30N4O. The third-order valence-corrected chi connectivity index (χ3v) is 4.82. The van der Waals surface area contributed by atoms with Crippen LogP contribution in [0.25, 0.3) is 0 Å². The number of para-hydroxylation sites is 1. The molecule has 0 amide bonds. The van der Waals surface area contributed by atoms with Gasteiger partial charge in [0.15, 0.2) is 5.96 Å². The van der Waals surface area contributed by atoms with E-state index in [0.29, 0.717) is 6.04 Å². The zero-order valence-electron chi connectivity index (χ0n) is 14.9. The Bertz CT molecular complexity index is 534. The van der Waals surface area contributed by atoms with Crippen LogP contribution in [-0.4, -0.2) is 51.4 Å². The number of nitrogens with one attached hydrogen (secondary N) is 2. The van der Waals surface area contributed by atoms with Crippen LogP contribution in [0, 0.1) is 5.41 Å². The topological polar surface area (TPSA) is 48.9 Å². The van der Waals surface area contributed by atoms with Crippen LogP contribution in [0.5, 0.6) is 0 Å². The molecule has 0 unspecified atom stereocenters. The van der Waals surface area contributed by atoms with Gasteiger partial charge in [0, 0.05) is 36.8 Å². The second kappa shape index (κ2) is 7.88. The molecule has 2 heterocycles. The Hall–Kier alpha value is -1.75. The molecule has 1 aromatic rings. The fourth-order valence-corrected chi connectivity index (χ4v) is 3.25. The van der Waals surface area contributed by atoms with Crippen LogP contribution in [0.4, 0.5) is 5.69 Å². The molecule has 2 N–H and O–H groups in total. The first-order valence-electron chi connectivity index (χ1n) is 9.11. The molecule has 0 bridgehead atoms. The van der Waals surface area contributed by atoms with Crippen molar-refractivity contribution in [1.29, 1.82) is 0 Å². The highest BCUT2D eigenvalue weighted by Crippen LogP contribution is 2.26. The lowest BCUT2D eigenvalue weighted by molar-refractivity contribution is -0.0945. The minimum absolute atomic E-state index is 0.221. The van der Waals surface area contributed by atoms with Gasteiger partial charge in [-0.05, 0) is 31.9 Å². The van der Waals surface area contributed by atoms with Gasteiger partial charge in [0.1, 0.15) is 0 Å². The van der Waals surface area contributed by atoms with Crippen LogP contribution in [-0.2, 0) is 4.74 Å². The van der Waals surface area contributed by atoms with Gasteiger partial charge in [0.25, 0.3) is 0 Å². The molecule has 2 saturated heterocycles. The summed E-state index contributed by atoms with van der Waals surface area (Å²) in [4.78, 5) is 7.25. The van der Waals surface area contributed by atoms with E-state index in [-0.39, 0.29) is 5.41 Å². The van der Waals surface area contributed by atoms with Gasteiger partial charge in [-0.2, -0.15) is 0 Å². The summed E-state index contributed by atoms with van der Waals surface area (Å²) in [6, 6.07) is 11.2. The molecule has 0 aliphatic carbocycles. The summed E-state index contributed by atoms with van der Waals surface area (Å²) < 4.78 is 5.32. The van der Waals surface area contributed by atoms with Gasteiger partial charge < -0.3 is 20.3 Å². The van der Waals surface area contributed by atoms with Crippen LogP contribution >= 0.6 is 0 Å². The zero-order valence-corrected chi connectivity index (χ0v) is 14.9. The Morgan fingerprint density at radius 3 is 2.54 bits per heavy atom. The van der Waals surface area contributed by atoms with Crippen molar-refractivity contribution in [1.82, 2.24) is 10.6 Å². The summed E-state index contributed by atoms with van der Waals surface area (Å²) in [5.74, 6) is 0.948. The third-order valence-electron chi connectivity index (χ3n) is 4.82. The second-order valence-electron chi connectivity index (χ2n) is 7.24. The summed E-state index contributed by atoms with van der Waals surface area (Å²) in [6.45, 7) is 9.90. The molecule has 0 saturated carbocycles. The summed E-state index contributed by atoms with van der Waals surface area (Å²) in [6.07, 6.45) is 2.28. The van der Waals surface area contributed by atoms with E-state index in [9.17, 15) is 0 Å². The molecule has 3 rings (SSSR count). The Labute approximate surface area is 145 Å². The minimum Gasteiger partial charge on any atom is -0.380 e. The molecule has 1 aromatic carbocycles. The highest BCUT2D eigenvalue weighted by Gasteiger charge is 2.33. The smallest absolute Gasteiger partial charge is 0.191 e. The van der Waals surface area contributed by atoms with Crippen molar-refractivity contribution in [2.75, 3.05) is 44.3 Å². The standard InChI is InChI=1S/C19H30N4O/c1-3-20-18(21-13-19(2)14-24-15-19)22-16-9-11-23(12-10-16)17-7-5-4-6-8-17/h4-8,16H,3,9-15H2,1-2H3,(H2,20,21,22). The summed E-state index contributed by atoms with van der Waals surface area (Å²) in [5.41, 5.74) is 1.55. The van der Waals surface area contributed by atoms with Crippen LogP contribution in [0.3, 0.4) is 0 Å². The molecule has 5 heteroatoms. The van der Waals surface area contributed by atoms with Crippen molar-refractivity contribution >= 4 is 11.6 Å². The summed E-state index contributed by atoms with van der Waals surface area (Å²) in [5, 5.41) is 7.00. The van der Waals surface area contributed by atoms with Crippen LogP contribution in [0.1, 0.15) is 26.7 Å². The van der Waals surface area contributed by atoms with E-state index >= 15 is 0 Å². The molecule has 5 nitrogen and oxygen atoms in total. The Kier molecular flexibility index (Phi) is 5.61. The van der Waals surface area contributed by atoms with Crippen LogP contribution in [0.15, 0.2) is 35.3 Å². The average molecular weight is 330 g/mol. The molecular weight excluding hydrogens is 300 g/mol. The normalized spacial score (nSPS) is 21.2. The van der Waals surface area contributed by atoms with E-state index in [1.54, 1.807) is 0 Å². The number of guanidine groups is 1. The van der Waals surface area contributed by atoms with Crippen LogP contribution < -0.4 is 15.5 Å². The van der Waals surface area contributed by atoms with Gasteiger partial charge >= 0.3 is 0 Å². The molecule has 24 heavy (non-hydrogen) atoms. The lowest BCUT2D eigenvalue weighted by Gasteiger charge is -2.37. The van der Waals surface area contributed by atoms with Gasteiger partial charge in [-0.15, -0.1) is 0 Å². The van der Waals surface area contributed by atoms with Crippen LogP contribution in [0.2, 0.25) is 0 Å². The first kappa shape index (κ1) is 17.1. The van der Waals surface area contributed by atoms with E-state index in [2.05, 4.69) is 59.7 Å². The van der Waals surface area contributed by atoms with E-state index < -0.39 is 0 Å². The highest BCUT2D eigenvalue weighted by atomic mass is 16.5. The zero-order chi connectivity index (χ0) is 16.8. The maximum atomic E-state index is 5.32. The molecule has 0 aromatic heterocycles. The number of hydrogen-bond donors (Lipinski definition) is 2. The monoisotopic (exact) mass is 330 g/mol. The number of piperidine rings is 1. The van der Waals surface area contributed by atoms with Gasteiger partial charge in [0.05, 0.1) is 19.8 Å². The molecule has 2 fully saturated rings. The molecule has 0 atom stereocenters. The van der Waals surface area contributed by atoms with E-state index in [1.807, 2.05) is 0 Å². The lowest BCUT2D eigenvalue weighted by Crippen LogP contribution is -2.49. The lowest BCUT2D eigenvalue weighted by atomic mass is 9.89. The number of rotatable bonds is 5. The van der Waals surface area contributed by atoms with Gasteiger partial charge in [-0.1, -0.05) is 25.1 Å². The molecule has 2 aliphatic rings. The predicted octanol–water partition coefficient (Wildman–Crippen LogP) is 2.25. The molecule has 0 spiro atoms.